The summed E-state index contributed by atoms with van der Waals surface area (Å²) in [5.74, 6) is 2.08. The van der Waals surface area contributed by atoms with Gasteiger partial charge in [0, 0.05) is 6.04 Å². The lowest BCUT2D eigenvalue weighted by molar-refractivity contribution is 0.170. The van der Waals surface area contributed by atoms with Crippen LogP contribution < -0.4 is 15.2 Å². The number of ether oxygens (including phenoxy) is 2. The van der Waals surface area contributed by atoms with Crippen molar-refractivity contribution in [3.8, 4) is 11.5 Å². The Morgan fingerprint density at radius 3 is 2.56 bits per heavy atom. The molecule has 4 heteroatoms. The van der Waals surface area contributed by atoms with Gasteiger partial charge in [-0.2, -0.15) is 0 Å². The fraction of sp³-hybridized carbons (Fsp3) is 0.571. The Morgan fingerprint density at radius 1 is 1.28 bits per heavy atom. The van der Waals surface area contributed by atoms with E-state index in [1.54, 1.807) is 0 Å². The highest BCUT2D eigenvalue weighted by Gasteiger charge is 2.23. The zero-order chi connectivity index (χ0) is 13.3. The molecule has 1 aromatic carbocycles. The SMILES string of the molecule is CC(N)Cc1cc2c(c(Br)c1C(C)C)OCCO2. The molecule has 1 aliphatic rings. The first-order valence-electron chi connectivity index (χ1n) is 6.37. The minimum atomic E-state index is 0.136. The van der Waals surface area contributed by atoms with Gasteiger partial charge in [-0.25, -0.2) is 0 Å². The zero-order valence-corrected chi connectivity index (χ0v) is 12.7. The summed E-state index contributed by atoms with van der Waals surface area (Å²) in [5.41, 5.74) is 8.45. The molecule has 0 aliphatic carbocycles. The molecule has 0 saturated carbocycles. The Balaban J connectivity index is 2.53. The summed E-state index contributed by atoms with van der Waals surface area (Å²) >= 11 is 3.66. The maximum atomic E-state index is 5.93. The third kappa shape index (κ3) is 2.64. The van der Waals surface area contributed by atoms with Gasteiger partial charge >= 0.3 is 0 Å². The molecular weight excluding hydrogens is 294 g/mol. The zero-order valence-electron chi connectivity index (χ0n) is 11.1. The molecule has 1 unspecified atom stereocenters. The van der Waals surface area contributed by atoms with Gasteiger partial charge in [-0.1, -0.05) is 13.8 Å². The first-order valence-corrected chi connectivity index (χ1v) is 7.16. The van der Waals surface area contributed by atoms with Gasteiger partial charge in [-0.05, 0) is 52.4 Å². The number of benzene rings is 1. The third-order valence-electron chi connectivity index (χ3n) is 3.02. The fourth-order valence-corrected chi connectivity index (χ4v) is 3.37. The Labute approximate surface area is 117 Å². The van der Waals surface area contributed by atoms with Gasteiger partial charge < -0.3 is 15.2 Å². The Morgan fingerprint density at radius 2 is 1.94 bits per heavy atom. The van der Waals surface area contributed by atoms with Crippen molar-refractivity contribution in [3.63, 3.8) is 0 Å². The lowest BCUT2D eigenvalue weighted by atomic mass is 9.92. The van der Waals surface area contributed by atoms with Crippen molar-refractivity contribution in [2.75, 3.05) is 13.2 Å². The van der Waals surface area contributed by atoms with E-state index in [2.05, 4.69) is 35.8 Å². The lowest BCUT2D eigenvalue weighted by Gasteiger charge is -2.25. The average Bonchev–Trinajstić information content (AvgIpc) is 2.27. The summed E-state index contributed by atoms with van der Waals surface area (Å²) in [5, 5.41) is 0. The first kappa shape index (κ1) is 13.7. The molecule has 0 amide bonds. The van der Waals surface area contributed by atoms with E-state index in [1.165, 1.54) is 11.1 Å². The van der Waals surface area contributed by atoms with E-state index in [0.29, 0.717) is 19.1 Å². The van der Waals surface area contributed by atoms with Gasteiger partial charge in [0.15, 0.2) is 11.5 Å². The molecular formula is C14H20BrNO2. The largest absolute Gasteiger partial charge is 0.486 e. The molecule has 1 aliphatic heterocycles. The highest BCUT2D eigenvalue weighted by molar-refractivity contribution is 9.10. The molecule has 18 heavy (non-hydrogen) atoms. The molecule has 2 N–H and O–H groups in total. The van der Waals surface area contributed by atoms with Gasteiger partial charge in [0.05, 0.1) is 4.47 Å². The van der Waals surface area contributed by atoms with Crippen LogP contribution in [0.25, 0.3) is 0 Å². The Bertz CT molecular complexity index is 444. The average molecular weight is 314 g/mol. The van der Waals surface area contributed by atoms with Crippen LogP contribution in [0.1, 0.15) is 37.8 Å². The van der Waals surface area contributed by atoms with Crippen LogP contribution in [-0.4, -0.2) is 19.3 Å². The quantitative estimate of drug-likeness (QED) is 0.931. The van der Waals surface area contributed by atoms with Crippen molar-refractivity contribution in [1.29, 1.82) is 0 Å². The van der Waals surface area contributed by atoms with Crippen LogP contribution in [0.5, 0.6) is 11.5 Å². The molecule has 0 fully saturated rings. The van der Waals surface area contributed by atoms with Crippen LogP contribution in [0.3, 0.4) is 0 Å². The molecule has 2 rings (SSSR count). The van der Waals surface area contributed by atoms with E-state index < -0.39 is 0 Å². The first-order chi connectivity index (χ1) is 8.50. The molecule has 0 bridgehead atoms. The number of halogens is 1. The Kier molecular flexibility index (Phi) is 4.17. The predicted octanol–water partition coefficient (Wildman–Crippen LogP) is 3.23. The third-order valence-corrected chi connectivity index (χ3v) is 3.80. The molecule has 0 spiro atoms. The molecule has 0 radical (unpaired) electrons. The van der Waals surface area contributed by atoms with Gasteiger partial charge in [0.25, 0.3) is 0 Å². The van der Waals surface area contributed by atoms with E-state index in [-0.39, 0.29) is 6.04 Å². The van der Waals surface area contributed by atoms with E-state index in [0.717, 1.165) is 22.4 Å². The van der Waals surface area contributed by atoms with Crippen molar-refractivity contribution in [1.82, 2.24) is 0 Å². The van der Waals surface area contributed by atoms with Crippen molar-refractivity contribution in [2.45, 2.75) is 39.2 Å². The van der Waals surface area contributed by atoms with Crippen molar-refractivity contribution in [2.24, 2.45) is 5.73 Å². The molecule has 0 aromatic heterocycles. The van der Waals surface area contributed by atoms with Crippen LogP contribution in [-0.2, 0) is 6.42 Å². The standard InChI is InChI=1S/C14H20BrNO2/c1-8(2)12-10(6-9(3)16)7-11-14(13(12)15)18-5-4-17-11/h7-9H,4-6,16H2,1-3H3. The molecule has 1 heterocycles. The molecule has 100 valence electrons. The van der Waals surface area contributed by atoms with E-state index >= 15 is 0 Å². The van der Waals surface area contributed by atoms with Crippen molar-refractivity contribution < 1.29 is 9.47 Å². The van der Waals surface area contributed by atoms with Crippen molar-refractivity contribution >= 4 is 15.9 Å². The smallest absolute Gasteiger partial charge is 0.175 e. The summed E-state index contributed by atoms with van der Waals surface area (Å²) < 4.78 is 12.4. The van der Waals surface area contributed by atoms with Crippen LogP contribution in [0.15, 0.2) is 10.5 Å². The maximum absolute atomic E-state index is 5.93. The number of rotatable bonds is 3. The predicted molar refractivity (Wildman–Crippen MR) is 76.6 cm³/mol. The summed E-state index contributed by atoms with van der Waals surface area (Å²) in [4.78, 5) is 0. The van der Waals surface area contributed by atoms with Crippen LogP contribution in [0, 0.1) is 0 Å². The van der Waals surface area contributed by atoms with Gasteiger partial charge in [0.1, 0.15) is 13.2 Å². The molecule has 0 saturated heterocycles. The summed E-state index contributed by atoms with van der Waals surface area (Å²) in [6.45, 7) is 7.60. The fourth-order valence-electron chi connectivity index (χ4n) is 2.35. The summed E-state index contributed by atoms with van der Waals surface area (Å²) in [7, 11) is 0. The second-order valence-corrected chi connectivity index (χ2v) is 5.92. The highest BCUT2D eigenvalue weighted by atomic mass is 79.9. The second-order valence-electron chi connectivity index (χ2n) is 5.12. The minimum Gasteiger partial charge on any atom is -0.486 e. The van der Waals surface area contributed by atoms with Crippen LogP contribution in [0.2, 0.25) is 0 Å². The van der Waals surface area contributed by atoms with Crippen molar-refractivity contribution in [3.05, 3.63) is 21.7 Å². The number of nitrogens with two attached hydrogens (primary N) is 1. The Hall–Kier alpha value is -0.740. The van der Waals surface area contributed by atoms with E-state index in [9.17, 15) is 0 Å². The van der Waals surface area contributed by atoms with Crippen LogP contribution >= 0.6 is 15.9 Å². The normalized spacial score (nSPS) is 15.9. The minimum absolute atomic E-state index is 0.136. The number of hydrogen-bond acceptors (Lipinski definition) is 3. The summed E-state index contributed by atoms with van der Waals surface area (Å²) in [6, 6.07) is 2.22. The van der Waals surface area contributed by atoms with Crippen LogP contribution in [0.4, 0.5) is 0 Å². The molecule has 1 aromatic rings. The number of hydrogen-bond donors (Lipinski definition) is 1. The van der Waals surface area contributed by atoms with Gasteiger partial charge in [0.2, 0.25) is 0 Å². The lowest BCUT2D eigenvalue weighted by Crippen LogP contribution is -2.21. The van der Waals surface area contributed by atoms with Gasteiger partial charge in [-0.3, -0.25) is 0 Å². The molecule has 1 atom stereocenters. The molecule has 3 nitrogen and oxygen atoms in total. The monoisotopic (exact) mass is 313 g/mol. The van der Waals surface area contributed by atoms with E-state index in [4.69, 9.17) is 15.2 Å². The number of fused-ring (bicyclic) bond motifs is 1. The van der Waals surface area contributed by atoms with E-state index in [1.807, 2.05) is 6.92 Å². The van der Waals surface area contributed by atoms with Gasteiger partial charge in [-0.15, -0.1) is 0 Å². The second kappa shape index (κ2) is 5.49. The maximum Gasteiger partial charge on any atom is 0.175 e. The topological polar surface area (TPSA) is 44.5 Å². The summed E-state index contributed by atoms with van der Waals surface area (Å²) in [6.07, 6.45) is 0.850. The highest BCUT2D eigenvalue weighted by Crippen LogP contribution is 2.44.